The van der Waals surface area contributed by atoms with Crippen LogP contribution < -0.4 is 5.32 Å². The molecule has 3 rings (SSSR count). The van der Waals surface area contributed by atoms with E-state index in [1.54, 1.807) is 0 Å². The van der Waals surface area contributed by atoms with Gasteiger partial charge in [0.15, 0.2) is 0 Å². The molecule has 5 heteroatoms. The van der Waals surface area contributed by atoms with Gasteiger partial charge in [0.2, 0.25) is 0 Å². The molecular formula is C16H20N2O3. The van der Waals surface area contributed by atoms with Crippen molar-refractivity contribution in [3.8, 4) is 0 Å². The first-order valence-electron chi connectivity index (χ1n) is 7.47. The monoisotopic (exact) mass is 288 g/mol. The van der Waals surface area contributed by atoms with Crippen molar-refractivity contribution in [2.45, 2.75) is 44.8 Å². The van der Waals surface area contributed by atoms with Gasteiger partial charge in [-0.05, 0) is 23.5 Å². The molecular weight excluding hydrogens is 268 g/mol. The van der Waals surface area contributed by atoms with Gasteiger partial charge in [0, 0.05) is 19.0 Å². The summed E-state index contributed by atoms with van der Waals surface area (Å²) < 4.78 is 0. The third-order valence-corrected chi connectivity index (χ3v) is 4.55. The number of carbonyl (C=O) groups is 2. The number of nitrogens with one attached hydrogen (secondary N) is 1. The molecule has 5 nitrogen and oxygen atoms in total. The predicted molar refractivity (Wildman–Crippen MR) is 77.8 cm³/mol. The molecule has 0 saturated heterocycles. The van der Waals surface area contributed by atoms with Crippen LogP contribution in [0.2, 0.25) is 0 Å². The number of rotatable bonds is 3. The number of nitrogens with zero attached hydrogens (tertiary/aromatic N) is 1. The third-order valence-electron chi connectivity index (χ3n) is 4.55. The van der Waals surface area contributed by atoms with Crippen molar-refractivity contribution in [2.24, 2.45) is 5.92 Å². The molecule has 0 aromatic heterocycles. The summed E-state index contributed by atoms with van der Waals surface area (Å²) >= 11 is 0. The smallest absolute Gasteiger partial charge is 0.326 e. The van der Waals surface area contributed by atoms with Gasteiger partial charge in [0.05, 0.1) is 0 Å². The molecule has 2 aliphatic rings. The van der Waals surface area contributed by atoms with E-state index in [2.05, 4.69) is 12.2 Å². The highest BCUT2D eigenvalue weighted by molar-refractivity contribution is 5.84. The van der Waals surface area contributed by atoms with E-state index >= 15 is 0 Å². The van der Waals surface area contributed by atoms with E-state index in [9.17, 15) is 14.7 Å². The molecule has 21 heavy (non-hydrogen) atoms. The molecule has 1 aliphatic carbocycles. The summed E-state index contributed by atoms with van der Waals surface area (Å²) in [6, 6.07) is 6.91. The SMILES string of the molecule is CCC1CC1NC(=O)N1Cc2ccccc2CC1C(=O)O. The van der Waals surface area contributed by atoms with Crippen LogP contribution in [0, 0.1) is 5.92 Å². The molecule has 1 aliphatic heterocycles. The number of amides is 2. The molecule has 0 spiro atoms. The maximum atomic E-state index is 12.4. The number of aliphatic carboxylic acids is 1. The van der Waals surface area contributed by atoms with Gasteiger partial charge in [-0.1, -0.05) is 37.6 Å². The molecule has 1 aromatic carbocycles. The van der Waals surface area contributed by atoms with Crippen molar-refractivity contribution in [1.82, 2.24) is 10.2 Å². The normalized spacial score (nSPS) is 26.9. The lowest BCUT2D eigenvalue weighted by Gasteiger charge is -2.34. The minimum Gasteiger partial charge on any atom is -0.480 e. The zero-order valence-corrected chi connectivity index (χ0v) is 12.1. The summed E-state index contributed by atoms with van der Waals surface area (Å²) in [6.07, 6.45) is 2.43. The number of urea groups is 1. The summed E-state index contributed by atoms with van der Waals surface area (Å²) in [5.41, 5.74) is 2.06. The van der Waals surface area contributed by atoms with Crippen LogP contribution >= 0.6 is 0 Å². The number of carboxylic acids is 1. The van der Waals surface area contributed by atoms with Crippen LogP contribution in [0.1, 0.15) is 30.9 Å². The van der Waals surface area contributed by atoms with Crippen LogP contribution in [0.4, 0.5) is 4.79 Å². The Hall–Kier alpha value is -2.04. The Morgan fingerprint density at radius 2 is 2.05 bits per heavy atom. The summed E-state index contributed by atoms with van der Waals surface area (Å²) in [6.45, 7) is 2.47. The highest BCUT2D eigenvalue weighted by atomic mass is 16.4. The van der Waals surface area contributed by atoms with E-state index in [0.29, 0.717) is 18.9 Å². The average Bonchev–Trinajstić information content (AvgIpc) is 3.24. The summed E-state index contributed by atoms with van der Waals surface area (Å²) in [5, 5.41) is 12.4. The molecule has 2 N–H and O–H groups in total. The highest BCUT2D eigenvalue weighted by Crippen LogP contribution is 2.33. The van der Waals surface area contributed by atoms with Gasteiger partial charge in [-0.2, -0.15) is 0 Å². The van der Waals surface area contributed by atoms with Crippen molar-refractivity contribution in [3.05, 3.63) is 35.4 Å². The van der Waals surface area contributed by atoms with Gasteiger partial charge in [0.1, 0.15) is 6.04 Å². The Balaban J connectivity index is 1.76. The number of benzene rings is 1. The van der Waals surface area contributed by atoms with Crippen LogP contribution in [0.25, 0.3) is 0 Å². The lowest BCUT2D eigenvalue weighted by atomic mass is 9.94. The first-order valence-corrected chi connectivity index (χ1v) is 7.47. The molecule has 1 aromatic rings. The van der Waals surface area contributed by atoms with Crippen molar-refractivity contribution >= 4 is 12.0 Å². The molecule has 1 heterocycles. The van der Waals surface area contributed by atoms with E-state index < -0.39 is 12.0 Å². The molecule has 112 valence electrons. The first-order chi connectivity index (χ1) is 10.1. The Bertz CT molecular complexity index is 572. The molecule has 2 amide bonds. The first kappa shape index (κ1) is 13.9. The van der Waals surface area contributed by atoms with Crippen LogP contribution in [-0.4, -0.2) is 34.1 Å². The van der Waals surface area contributed by atoms with Gasteiger partial charge >= 0.3 is 12.0 Å². The highest BCUT2D eigenvalue weighted by Gasteiger charge is 2.40. The number of hydrogen-bond acceptors (Lipinski definition) is 2. The molecule has 1 fully saturated rings. The van der Waals surface area contributed by atoms with Crippen LogP contribution in [-0.2, 0) is 17.8 Å². The van der Waals surface area contributed by atoms with Crippen molar-refractivity contribution in [1.29, 1.82) is 0 Å². The lowest BCUT2D eigenvalue weighted by Crippen LogP contribution is -2.52. The number of carboxylic acid groups (broad SMARTS) is 1. The van der Waals surface area contributed by atoms with Gasteiger partial charge < -0.3 is 15.3 Å². The average molecular weight is 288 g/mol. The Kier molecular flexibility index (Phi) is 3.57. The van der Waals surface area contributed by atoms with Crippen molar-refractivity contribution in [3.63, 3.8) is 0 Å². The third kappa shape index (κ3) is 2.73. The Morgan fingerprint density at radius 1 is 1.33 bits per heavy atom. The van der Waals surface area contributed by atoms with Crippen LogP contribution in [0.3, 0.4) is 0 Å². The Labute approximate surface area is 123 Å². The zero-order chi connectivity index (χ0) is 15.0. The molecule has 0 bridgehead atoms. The summed E-state index contributed by atoms with van der Waals surface area (Å²) in [5.74, 6) is -0.392. The zero-order valence-electron chi connectivity index (χ0n) is 12.1. The van der Waals surface area contributed by atoms with E-state index in [-0.39, 0.29) is 12.1 Å². The lowest BCUT2D eigenvalue weighted by molar-refractivity contribution is -0.142. The van der Waals surface area contributed by atoms with Crippen molar-refractivity contribution < 1.29 is 14.7 Å². The van der Waals surface area contributed by atoms with E-state index in [4.69, 9.17) is 0 Å². The largest absolute Gasteiger partial charge is 0.480 e. The van der Waals surface area contributed by atoms with Crippen molar-refractivity contribution in [2.75, 3.05) is 0 Å². The quantitative estimate of drug-likeness (QED) is 0.894. The fourth-order valence-corrected chi connectivity index (χ4v) is 3.07. The van der Waals surface area contributed by atoms with Gasteiger partial charge in [-0.3, -0.25) is 0 Å². The topological polar surface area (TPSA) is 69.6 Å². The minimum absolute atomic E-state index is 0.217. The standard InChI is InChI=1S/C16H20N2O3/c1-2-10-7-13(10)17-16(21)18-9-12-6-4-3-5-11(12)8-14(18)15(19)20/h3-6,10,13-14H,2,7-9H2,1H3,(H,17,21)(H,19,20). The number of fused-ring (bicyclic) bond motifs is 1. The van der Waals surface area contributed by atoms with Gasteiger partial charge in [-0.15, -0.1) is 0 Å². The van der Waals surface area contributed by atoms with Gasteiger partial charge in [-0.25, -0.2) is 9.59 Å². The van der Waals surface area contributed by atoms with Crippen LogP contribution in [0.15, 0.2) is 24.3 Å². The Morgan fingerprint density at radius 3 is 2.67 bits per heavy atom. The molecule has 3 unspecified atom stereocenters. The van der Waals surface area contributed by atoms with E-state index in [1.807, 2.05) is 24.3 Å². The second kappa shape index (κ2) is 5.39. The maximum Gasteiger partial charge on any atom is 0.326 e. The fourth-order valence-electron chi connectivity index (χ4n) is 3.07. The summed E-state index contributed by atoms with van der Waals surface area (Å²) in [4.78, 5) is 25.3. The summed E-state index contributed by atoms with van der Waals surface area (Å²) in [7, 11) is 0. The molecule has 3 atom stereocenters. The van der Waals surface area contributed by atoms with E-state index in [0.717, 1.165) is 24.0 Å². The maximum absolute atomic E-state index is 12.4. The minimum atomic E-state index is -0.942. The second-order valence-electron chi connectivity index (χ2n) is 5.91. The number of hydrogen-bond donors (Lipinski definition) is 2. The number of carbonyl (C=O) groups excluding carboxylic acids is 1. The fraction of sp³-hybridized carbons (Fsp3) is 0.500. The van der Waals surface area contributed by atoms with E-state index in [1.165, 1.54) is 4.90 Å². The predicted octanol–water partition coefficient (Wildman–Crippen LogP) is 2.01. The molecule has 0 radical (unpaired) electrons. The molecule has 1 saturated carbocycles. The van der Waals surface area contributed by atoms with Gasteiger partial charge in [0.25, 0.3) is 0 Å². The second-order valence-corrected chi connectivity index (χ2v) is 5.91. The van der Waals surface area contributed by atoms with Crippen LogP contribution in [0.5, 0.6) is 0 Å².